The summed E-state index contributed by atoms with van der Waals surface area (Å²) in [5, 5.41) is 2.70. The Hall–Kier alpha value is -2.72. The molecule has 4 heteroatoms. The lowest BCUT2D eigenvalue weighted by Crippen LogP contribution is -2.11. The van der Waals surface area contributed by atoms with Crippen molar-refractivity contribution in [2.45, 2.75) is 13.3 Å². The van der Waals surface area contributed by atoms with Crippen LogP contribution in [0.1, 0.15) is 17.0 Å². The maximum atomic E-state index is 12.6. The van der Waals surface area contributed by atoms with Gasteiger partial charge in [-0.25, -0.2) is 4.98 Å². The van der Waals surface area contributed by atoms with E-state index in [-0.39, 0.29) is 5.56 Å². The quantitative estimate of drug-likeness (QED) is 0.598. The number of fused-ring (bicyclic) bond motifs is 1. The Morgan fingerprint density at radius 2 is 1.79 bits per heavy atom. The molecule has 2 heterocycles. The van der Waals surface area contributed by atoms with Gasteiger partial charge in [0.1, 0.15) is 10.7 Å². The van der Waals surface area contributed by atoms with Crippen molar-refractivity contribution in [2.75, 3.05) is 0 Å². The number of nitrogens with zero attached hydrogens (tertiary/aromatic N) is 1. The van der Waals surface area contributed by atoms with Crippen molar-refractivity contribution in [3.05, 3.63) is 87.3 Å². The van der Waals surface area contributed by atoms with E-state index in [1.807, 2.05) is 47.8 Å². The number of H-pyrrole nitrogens is 1. The van der Waals surface area contributed by atoms with Gasteiger partial charge in [-0.2, -0.15) is 0 Å². The first-order chi connectivity index (χ1) is 11.7. The number of nitrogens with one attached hydrogen (secondary N) is 1. The van der Waals surface area contributed by atoms with Gasteiger partial charge in [0.2, 0.25) is 0 Å². The zero-order valence-electron chi connectivity index (χ0n) is 13.2. The average molecular weight is 332 g/mol. The maximum absolute atomic E-state index is 12.6. The van der Waals surface area contributed by atoms with Crippen molar-refractivity contribution in [1.29, 1.82) is 0 Å². The van der Waals surface area contributed by atoms with E-state index in [1.165, 1.54) is 16.9 Å². The molecular formula is C20H16N2OS. The van der Waals surface area contributed by atoms with Gasteiger partial charge >= 0.3 is 0 Å². The number of aryl methyl sites for hydroxylation is 1. The predicted octanol–water partition coefficient (Wildman–Crippen LogP) is 4.55. The summed E-state index contributed by atoms with van der Waals surface area (Å²) >= 11 is 1.52. The molecule has 0 unspecified atom stereocenters. The topological polar surface area (TPSA) is 45.8 Å². The summed E-state index contributed by atoms with van der Waals surface area (Å²) in [5.74, 6) is 0.705. The summed E-state index contributed by atoms with van der Waals surface area (Å²) < 4.78 is 0. The van der Waals surface area contributed by atoms with E-state index in [2.05, 4.69) is 29.0 Å². The summed E-state index contributed by atoms with van der Waals surface area (Å²) in [7, 11) is 0. The number of hydrogen-bond acceptors (Lipinski definition) is 3. The summed E-state index contributed by atoms with van der Waals surface area (Å²) in [5.41, 5.74) is 4.28. The second kappa shape index (κ2) is 6.06. The third-order valence-electron chi connectivity index (χ3n) is 4.07. The lowest BCUT2D eigenvalue weighted by molar-refractivity contribution is 0.977. The Balaban J connectivity index is 1.78. The molecule has 0 amide bonds. The van der Waals surface area contributed by atoms with Gasteiger partial charge in [-0.3, -0.25) is 4.79 Å². The molecule has 0 spiro atoms. The Morgan fingerprint density at radius 1 is 1.04 bits per heavy atom. The van der Waals surface area contributed by atoms with Crippen LogP contribution < -0.4 is 5.56 Å². The Morgan fingerprint density at radius 3 is 2.54 bits per heavy atom. The molecule has 2 aromatic carbocycles. The van der Waals surface area contributed by atoms with E-state index < -0.39 is 0 Å². The van der Waals surface area contributed by atoms with Crippen molar-refractivity contribution >= 4 is 21.6 Å². The van der Waals surface area contributed by atoms with Gasteiger partial charge in [0.15, 0.2) is 0 Å². The molecule has 4 rings (SSSR count). The van der Waals surface area contributed by atoms with E-state index in [4.69, 9.17) is 0 Å². The fraction of sp³-hybridized carbons (Fsp3) is 0.100. The van der Waals surface area contributed by atoms with Crippen molar-refractivity contribution in [3.63, 3.8) is 0 Å². The first-order valence-corrected chi connectivity index (χ1v) is 8.70. The van der Waals surface area contributed by atoms with Crippen molar-refractivity contribution in [1.82, 2.24) is 9.97 Å². The standard InChI is InChI=1S/C20H16N2OS/c1-13-7-9-15(10-8-13)16-12-24-20-18(16)19(23)21-17(22-20)11-14-5-3-2-4-6-14/h2-10,12H,11H2,1H3,(H,21,22,23). The number of hydrogen-bond donors (Lipinski definition) is 1. The molecule has 0 saturated carbocycles. The van der Waals surface area contributed by atoms with Crippen LogP contribution in [0, 0.1) is 6.92 Å². The van der Waals surface area contributed by atoms with Crippen molar-refractivity contribution in [2.24, 2.45) is 0 Å². The zero-order valence-corrected chi connectivity index (χ0v) is 14.1. The number of thiophene rings is 1. The molecule has 4 aromatic rings. The fourth-order valence-corrected chi connectivity index (χ4v) is 3.78. The highest BCUT2D eigenvalue weighted by atomic mass is 32.1. The molecule has 0 atom stereocenters. The third-order valence-corrected chi connectivity index (χ3v) is 4.94. The normalized spacial score (nSPS) is 11.0. The minimum Gasteiger partial charge on any atom is -0.310 e. The molecule has 3 nitrogen and oxygen atoms in total. The summed E-state index contributed by atoms with van der Waals surface area (Å²) in [6.45, 7) is 2.06. The third kappa shape index (κ3) is 2.76. The molecule has 1 N–H and O–H groups in total. The van der Waals surface area contributed by atoms with E-state index in [0.29, 0.717) is 17.6 Å². The van der Waals surface area contributed by atoms with Crippen LogP contribution in [0.15, 0.2) is 64.8 Å². The number of aromatic amines is 1. The van der Waals surface area contributed by atoms with Crippen LogP contribution in [0.3, 0.4) is 0 Å². The highest BCUT2D eigenvalue weighted by molar-refractivity contribution is 7.17. The molecule has 0 radical (unpaired) electrons. The molecule has 0 saturated heterocycles. The molecule has 0 bridgehead atoms. The lowest BCUT2D eigenvalue weighted by atomic mass is 10.1. The SMILES string of the molecule is Cc1ccc(-c2csc3nc(Cc4ccccc4)[nH]c(=O)c23)cc1. The van der Waals surface area contributed by atoms with Crippen LogP contribution in [0.25, 0.3) is 21.3 Å². The summed E-state index contributed by atoms with van der Waals surface area (Å²) in [6, 6.07) is 18.3. The van der Waals surface area contributed by atoms with Crippen LogP contribution in [0.2, 0.25) is 0 Å². The smallest absolute Gasteiger partial charge is 0.260 e. The van der Waals surface area contributed by atoms with E-state index in [1.54, 1.807) is 0 Å². The molecule has 0 aliphatic heterocycles. The molecular weight excluding hydrogens is 316 g/mol. The number of benzene rings is 2. The van der Waals surface area contributed by atoms with Crippen LogP contribution in [0.5, 0.6) is 0 Å². The lowest BCUT2D eigenvalue weighted by Gasteiger charge is -2.03. The van der Waals surface area contributed by atoms with E-state index in [0.717, 1.165) is 21.5 Å². The highest BCUT2D eigenvalue weighted by Crippen LogP contribution is 2.30. The average Bonchev–Trinajstić information content (AvgIpc) is 3.01. The second-order valence-electron chi connectivity index (χ2n) is 5.87. The highest BCUT2D eigenvalue weighted by Gasteiger charge is 2.13. The second-order valence-corrected chi connectivity index (χ2v) is 6.73. The van der Waals surface area contributed by atoms with E-state index >= 15 is 0 Å². The van der Waals surface area contributed by atoms with E-state index in [9.17, 15) is 4.79 Å². The van der Waals surface area contributed by atoms with Crippen LogP contribution >= 0.6 is 11.3 Å². The van der Waals surface area contributed by atoms with Crippen molar-refractivity contribution < 1.29 is 0 Å². The van der Waals surface area contributed by atoms with Gasteiger partial charge in [-0.1, -0.05) is 60.2 Å². The minimum absolute atomic E-state index is 0.0669. The maximum Gasteiger partial charge on any atom is 0.260 e. The number of aromatic nitrogens is 2. The minimum atomic E-state index is -0.0669. The molecule has 24 heavy (non-hydrogen) atoms. The van der Waals surface area contributed by atoms with Gasteiger partial charge < -0.3 is 4.98 Å². The molecule has 0 aliphatic carbocycles. The summed E-state index contributed by atoms with van der Waals surface area (Å²) in [6.07, 6.45) is 0.629. The fourth-order valence-electron chi connectivity index (χ4n) is 2.81. The van der Waals surface area contributed by atoms with Crippen LogP contribution in [-0.2, 0) is 6.42 Å². The van der Waals surface area contributed by atoms with Crippen LogP contribution in [-0.4, -0.2) is 9.97 Å². The van der Waals surface area contributed by atoms with Gasteiger partial charge in [-0.15, -0.1) is 11.3 Å². The monoisotopic (exact) mass is 332 g/mol. The first-order valence-electron chi connectivity index (χ1n) is 7.82. The van der Waals surface area contributed by atoms with Gasteiger partial charge in [0.05, 0.1) is 5.39 Å². The number of rotatable bonds is 3. The Labute approximate surface area is 143 Å². The summed E-state index contributed by atoms with van der Waals surface area (Å²) in [4.78, 5) is 21.0. The zero-order chi connectivity index (χ0) is 16.5. The van der Waals surface area contributed by atoms with Crippen LogP contribution in [0.4, 0.5) is 0 Å². The van der Waals surface area contributed by atoms with Crippen molar-refractivity contribution in [3.8, 4) is 11.1 Å². The molecule has 118 valence electrons. The Bertz CT molecular complexity index is 1050. The first kappa shape index (κ1) is 14.8. The molecule has 0 aliphatic rings. The van der Waals surface area contributed by atoms with Gasteiger partial charge in [0.25, 0.3) is 5.56 Å². The van der Waals surface area contributed by atoms with Gasteiger partial charge in [-0.05, 0) is 18.1 Å². The molecule has 2 aromatic heterocycles. The predicted molar refractivity (Wildman–Crippen MR) is 99.7 cm³/mol. The largest absolute Gasteiger partial charge is 0.310 e. The Kier molecular flexibility index (Phi) is 3.75. The molecule has 0 fully saturated rings. The van der Waals surface area contributed by atoms with Gasteiger partial charge in [0, 0.05) is 17.4 Å².